The SMILES string of the molecule is CCN(CCCN)C(=O)CC(CC1(C(=O)NC2CCc3ccccc3N(CC(=O)O)C2=O)CCCC1)C(=O)O. The first-order valence-electron chi connectivity index (χ1n) is 13.7. The van der Waals surface area contributed by atoms with E-state index in [4.69, 9.17) is 5.73 Å². The van der Waals surface area contributed by atoms with Crippen LogP contribution in [0.25, 0.3) is 0 Å². The number of aliphatic carboxylic acids is 2. The number of carboxylic acid groups (broad SMARTS) is 2. The van der Waals surface area contributed by atoms with Crippen molar-refractivity contribution in [2.75, 3.05) is 31.1 Å². The summed E-state index contributed by atoms with van der Waals surface area (Å²) < 4.78 is 0. The predicted octanol–water partition coefficient (Wildman–Crippen LogP) is 1.77. The van der Waals surface area contributed by atoms with Crippen LogP contribution in [-0.4, -0.2) is 77.0 Å². The van der Waals surface area contributed by atoms with Crippen molar-refractivity contribution in [1.82, 2.24) is 10.2 Å². The number of hydrogen-bond acceptors (Lipinski definition) is 6. The van der Waals surface area contributed by atoms with E-state index in [2.05, 4.69) is 5.32 Å². The molecule has 2 atom stereocenters. The molecule has 1 fully saturated rings. The third-order valence-corrected chi connectivity index (χ3v) is 7.96. The lowest BCUT2D eigenvalue weighted by atomic mass is 9.75. The number of rotatable bonds is 13. The predicted molar refractivity (Wildman–Crippen MR) is 144 cm³/mol. The highest BCUT2D eigenvalue weighted by Crippen LogP contribution is 2.44. The molecule has 3 amide bonds. The fraction of sp³-hybridized carbons (Fsp3) is 0.607. The summed E-state index contributed by atoms with van der Waals surface area (Å²) in [5, 5.41) is 22.3. The molecule has 0 bridgehead atoms. The van der Waals surface area contributed by atoms with Gasteiger partial charge < -0.3 is 26.2 Å². The summed E-state index contributed by atoms with van der Waals surface area (Å²) in [6.07, 6.45) is 3.55. The molecule has 11 nitrogen and oxygen atoms in total. The van der Waals surface area contributed by atoms with Gasteiger partial charge in [0.2, 0.25) is 17.7 Å². The second kappa shape index (κ2) is 13.5. The highest BCUT2D eigenvalue weighted by atomic mass is 16.4. The van der Waals surface area contributed by atoms with Gasteiger partial charge in [-0.25, -0.2) is 0 Å². The molecule has 11 heteroatoms. The van der Waals surface area contributed by atoms with Crippen molar-refractivity contribution in [2.45, 2.75) is 70.8 Å². The minimum absolute atomic E-state index is 0.00563. The summed E-state index contributed by atoms with van der Waals surface area (Å²) in [5.74, 6) is -4.55. The molecule has 0 radical (unpaired) electrons. The summed E-state index contributed by atoms with van der Waals surface area (Å²) in [5.41, 5.74) is 5.87. The van der Waals surface area contributed by atoms with Crippen molar-refractivity contribution < 1.29 is 34.2 Å². The zero-order chi connectivity index (χ0) is 28.6. The number of nitrogens with two attached hydrogens (primary N) is 1. The first-order valence-corrected chi connectivity index (χ1v) is 13.7. The Balaban J connectivity index is 1.79. The van der Waals surface area contributed by atoms with Gasteiger partial charge in [-0.05, 0) is 63.6 Å². The van der Waals surface area contributed by atoms with Gasteiger partial charge in [0.25, 0.3) is 0 Å². The minimum atomic E-state index is -1.17. The number of carboxylic acids is 2. The van der Waals surface area contributed by atoms with Crippen LogP contribution in [0.1, 0.15) is 63.9 Å². The van der Waals surface area contributed by atoms with Gasteiger partial charge in [-0.3, -0.25) is 28.9 Å². The number of carbonyl (C=O) groups is 5. The molecule has 1 aliphatic carbocycles. The molecule has 0 saturated heterocycles. The van der Waals surface area contributed by atoms with Crippen molar-refractivity contribution in [2.24, 2.45) is 17.1 Å². The molecule has 214 valence electrons. The van der Waals surface area contributed by atoms with E-state index in [1.807, 2.05) is 19.1 Å². The van der Waals surface area contributed by atoms with Crippen LogP contribution in [0.4, 0.5) is 5.69 Å². The normalized spacial score (nSPS) is 19.1. The van der Waals surface area contributed by atoms with E-state index in [1.54, 1.807) is 17.0 Å². The van der Waals surface area contributed by atoms with E-state index in [9.17, 15) is 34.2 Å². The standard InChI is InChI=1S/C28H40N4O7/c1-2-31(15-7-14-29)23(33)16-20(26(37)38)17-28(12-5-6-13-28)27(39)30-21-11-10-19-8-3-4-9-22(19)32(25(21)36)18-24(34)35/h3-4,8-9,20-21H,2,5-7,10-18,29H2,1H3,(H,30,39)(H,34,35)(H,37,38). The van der Waals surface area contributed by atoms with Crippen molar-refractivity contribution >= 4 is 35.3 Å². The molecular weight excluding hydrogens is 504 g/mol. The number of anilines is 1. The highest BCUT2D eigenvalue weighted by molar-refractivity contribution is 6.03. The van der Waals surface area contributed by atoms with Crippen LogP contribution in [0.3, 0.4) is 0 Å². The van der Waals surface area contributed by atoms with Crippen molar-refractivity contribution in [1.29, 1.82) is 0 Å². The number of fused-ring (bicyclic) bond motifs is 1. The number of benzene rings is 1. The van der Waals surface area contributed by atoms with Crippen molar-refractivity contribution in [3.8, 4) is 0 Å². The van der Waals surface area contributed by atoms with Gasteiger partial charge in [-0.15, -0.1) is 0 Å². The van der Waals surface area contributed by atoms with E-state index >= 15 is 0 Å². The molecule has 1 aliphatic heterocycles. The summed E-state index contributed by atoms with van der Waals surface area (Å²) in [7, 11) is 0. The second-order valence-electron chi connectivity index (χ2n) is 10.6. The lowest BCUT2D eigenvalue weighted by Gasteiger charge is -2.33. The van der Waals surface area contributed by atoms with Crippen LogP contribution in [0.15, 0.2) is 24.3 Å². The molecular formula is C28H40N4O7. The number of carbonyl (C=O) groups excluding carboxylic acids is 3. The van der Waals surface area contributed by atoms with Gasteiger partial charge >= 0.3 is 11.9 Å². The maximum Gasteiger partial charge on any atom is 0.323 e. The van der Waals surface area contributed by atoms with Crippen LogP contribution < -0.4 is 16.0 Å². The molecule has 0 aromatic heterocycles. The van der Waals surface area contributed by atoms with Gasteiger partial charge in [0.15, 0.2) is 0 Å². The smallest absolute Gasteiger partial charge is 0.323 e. The lowest BCUT2D eigenvalue weighted by Crippen LogP contribution is -2.53. The van der Waals surface area contributed by atoms with Gasteiger partial charge in [-0.2, -0.15) is 0 Å². The number of hydrogen-bond donors (Lipinski definition) is 4. The first-order chi connectivity index (χ1) is 18.6. The van der Waals surface area contributed by atoms with E-state index in [0.29, 0.717) is 57.4 Å². The molecule has 0 spiro atoms. The maximum absolute atomic E-state index is 13.8. The highest BCUT2D eigenvalue weighted by Gasteiger charge is 2.46. The molecule has 1 aromatic carbocycles. The maximum atomic E-state index is 13.8. The Morgan fingerprint density at radius 3 is 2.49 bits per heavy atom. The molecule has 3 rings (SSSR count). The van der Waals surface area contributed by atoms with Crippen LogP contribution in [0, 0.1) is 11.3 Å². The second-order valence-corrected chi connectivity index (χ2v) is 10.6. The molecule has 5 N–H and O–H groups in total. The summed E-state index contributed by atoms with van der Waals surface area (Å²) in [4.78, 5) is 66.7. The summed E-state index contributed by atoms with van der Waals surface area (Å²) in [6, 6.07) is 6.13. The molecule has 39 heavy (non-hydrogen) atoms. The number of aryl methyl sites for hydroxylation is 1. The third-order valence-electron chi connectivity index (χ3n) is 7.96. The van der Waals surface area contributed by atoms with Crippen molar-refractivity contribution in [3.05, 3.63) is 29.8 Å². The third kappa shape index (κ3) is 7.35. The largest absolute Gasteiger partial charge is 0.481 e. The van der Waals surface area contributed by atoms with Crippen LogP contribution in [0.5, 0.6) is 0 Å². The fourth-order valence-electron chi connectivity index (χ4n) is 5.83. The summed E-state index contributed by atoms with van der Waals surface area (Å²) in [6.45, 7) is 2.60. The Bertz CT molecular complexity index is 1070. The monoisotopic (exact) mass is 544 g/mol. The Kier molecular flexibility index (Phi) is 10.4. The van der Waals surface area contributed by atoms with Crippen LogP contribution in [0.2, 0.25) is 0 Å². The zero-order valence-corrected chi connectivity index (χ0v) is 22.6. The Morgan fingerprint density at radius 1 is 1.18 bits per heavy atom. The van der Waals surface area contributed by atoms with Crippen LogP contribution in [-0.2, 0) is 30.4 Å². The Morgan fingerprint density at radius 2 is 1.87 bits per heavy atom. The number of nitrogens with zero attached hydrogens (tertiary/aromatic N) is 2. The number of amides is 3. The van der Waals surface area contributed by atoms with Gasteiger partial charge in [0, 0.05) is 25.2 Å². The van der Waals surface area contributed by atoms with Crippen LogP contribution >= 0.6 is 0 Å². The van der Waals surface area contributed by atoms with Gasteiger partial charge in [0.1, 0.15) is 12.6 Å². The lowest BCUT2D eigenvalue weighted by molar-refractivity contribution is -0.149. The Hall–Kier alpha value is -3.47. The average molecular weight is 545 g/mol. The first kappa shape index (κ1) is 30.1. The summed E-state index contributed by atoms with van der Waals surface area (Å²) >= 11 is 0. The topological polar surface area (TPSA) is 170 Å². The minimum Gasteiger partial charge on any atom is -0.481 e. The molecule has 2 unspecified atom stereocenters. The molecule has 1 saturated carbocycles. The van der Waals surface area contributed by atoms with E-state index in [-0.39, 0.29) is 18.7 Å². The quantitative estimate of drug-likeness (QED) is 0.291. The average Bonchev–Trinajstić information content (AvgIpc) is 3.34. The Labute approximate surface area is 228 Å². The fourth-order valence-corrected chi connectivity index (χ4v) is 5.83. The zero-order valence-electron chi connectivity index (χ0n) is 22.6. The van der Waals surface area contributed by atoms with Crippen molar-refractivity contribution in [3.63, 3.8) is 0 Å². The van der Waals surface area contributed by atoms with E-state index in [0.717, 1.165) is 18.4 Å². The molecule has 1 heterocycles. The van der Waals surface area contributed by atoms with E-state index < -0.39 is 47.7 Å². The van der Waals surface area contributed by atoms with Gasteiger partial charge in [-0.1, -0.05) is 31.0 Å². The number of nitrogens with one attached hydrogen (secondary N) is 1. The van der Waals surface area contributed by atoms with Gasteiger partial charge in [0.05, 0.1) is 11.3 Å². The van der Waals surface area contributed by atoms with E-state index in [1.165, 1.54) is 4.90 Å². The molecule has 2 aliphatic rings. The molecule has 1 aromatic rings. The number of para-hydroxylation sites is 1.